The molecule has 0 bridgehead atoms. The number of aryl methyl sites for hydroxylation is 2. The molecule has 0 unspecified atom stereocenters. The van der Waals surface area contributed by atoms with E-state index in [0.717, 1.165) is 16.8 Å². The fourth-order valence-electron chi connectivity index (χ4n) is 2.84. The average molecular weight is 372 g/mol. The number of primary sulfonamides is 1. The number of aromatic nitrogens is 2. The van der Waals surface area contributed by atoms with Crippen LogP contribution in [0.4, 0.5) is 0 Å². The third-order valence-electron chi connectivity index (χ3n) is 4.19. The largest absolute Gasteiger partial charge is 0.350 e. The van der Waals surface area contributed by atoms with Crippen LogP contribution in [0.5, 0.6) is 0 Å². The van der Waals surface area contributed by atoms with Crippen molar-refractivity contribution in [1.29, 1.82) is 0 Å². The van der Waals surface area contributed by atoms with Crippen LogP contribution in [0.25, 0.3) is 5.65 Å². The van der Waals surface area contributed by atoms with Gasteiger partial charge in [-0.15, -0.1) is 0 Å². The number of carbonyl (C=O) groups excluding carboxylic acids is 1. The van der Waals surface area contributed by atoms with Crippen molar-refractivity contribution in [2.75, 3.05) is 6.54 Å². The van der Waals surface area contributed by atoms with E-state index in [0.29, 0.717) is 24.4 Å². The highest BCUT2D eigenvalue weighted by molar-refractivity contribution is 7.89. The molecule has 1 amide bonds. The van der Waals surface area contributed by atoms with Crippen LogP contribution in [0, 0.1) is 13.8 Å². The molecule has 0 atom stereocenters. The topological polar surface area (TPSA) is 107 Å². The first-order valence-electron chi connectivity index (χ1n) is 8.11. The highest BCUT2D eigenvalue weighted by Gasteiger charge is 2.17. The molecule has 8 heteroatoms. The van der Waals surface area contributed by atoms with Crippen LogP contribution >= 0.6 is 0 Å². The highest BCUT2D eigenvalue weighted by Crippen LogP contribution is 2.15. The van der Waals surface area contributed by atoms with Crippen molar-refractivity contribution in [3.8, 4) is 0 Å². The molecule has 0 aliphatic rings. The fraction of sp³-hybridized carbons (Fsp3) is 0.222. The third kappa shape index (κ3) is 3.61. The maximum Gasteiger partial charge on any atom is 0.270 e. The molecule has 0 fully saturated rings. The number of hydrogen-bond donors (Lipinski definition) is 2. The summed E-state index contributed by atoms with van der Waals surface area (Å²) in [5.41, 5.74) is 3.88. The van der Waals surface area contributed by atoms with Crippen molar-refractivity contribution >= 4 is 21.6 Å². The monoisotopic (exact) mass is 372 g/mol. The molecule has 0 aliphatic heterocycles. The van der Waals surface area contributed by atoms with E-state index in [1.807, 2.05) is 32.2 Å². The second-order valence-electron chi connectivity index (χ2n) is 6.13. The van der Waals surface area contributed by atoms with Crippen LogP contribution in [0.3, 0.4) is 0 Å². The molecule has 0 spiro atoms. The fourth-order valence-corrected chi connectivity index (χ4v) is 3.36. The van der Waals surface area contributed by atoms with E-state index < -0.39 is 10.0 Å². The van der Waals surface area contributed by atoms with Crippen LogP contribution < -0.4 is 10.5 Å². The standard InChI is InChI=1S/C18H20N4O3S/c1-12-4-3-11-22-16(13(2)21-17(12)22)18(23)20-10-9-14-5-7-15(8-6-14)26(19,24)25/h3-8,11H,9-10H2,1-2H3,(H,20,23)(H2,19,24,25). The summed E-state index contributed by atoms with van der Waals surface area (Å²) in [4.78, 5) is 17.1. The number of nitrogens with one attached hydrogen (secondary N) is 1. The summed E-state index contributed by atoms with van der Waals surface area (Å²) in [5, 5.41) is 7.97. The quantitative estimate of drug-likeness (QED) is 0.709. The van der Waals surface area contributed by atoms with Gasteiger partial charge in [-0.25, -0.2) is 18.5 Å². The van der Waals surface area contributed by atoms with E-state index in [1.165, 1.54) is 12.1 Å². The minimum absolute atomic E-state index is 0.0713. The molecule has 26 heavy (non-hydrogen) atoms. The van der Waals surface area contributed by atoms with Crippen molar-refractivity contribution in [3.63, 3.8) is 0 Å². The molecule has 7 nitrogen and oxygen atoms in total. The molecule has 3 aromatic rings. The summed E-state index contributed by atoms with van der Waals surface area (Å²) in [7, 11) is -3.69. The lowest BCUT2D eigenvalue weighted by Gasteiger charge is -2.07. The van der Waals surface area contributed by atoms with Gasteiger partial charge >= 0.3 is 0 Å². The van der Waals surface area contributed by atoms with Crippen LogP contribution in [0.2, 0.25) is 0 Å². The smallest absolute Gasteiger partial charge is 0.270 e. The first-order valence-corrected chi connectivity index (χ1v) is 9.66. The van der Waals surface area contributed by atoms with Crippen LogP contribution in [-0.2, 0) is 16.4 Å². The first-order chi connectivity index (χ1) is 12.3. The zero-order valence-corrected chi connectivity index (χ0v) is 15.4. The van der Waals surface area contributed by atoms with Crippen LogP contribution in [0.15, 0.2) is 47.5 Å². The number of amides is 1. The number of sulfonamides is 1. The van der Waals surface area contributed by atoms with Gasteiger partial charge in [0.1, 0.15) is 11.3 Å². The molecule has 1 aromatic carbocycles. The second-order valence-corrected chi connectivity index (χ2v) is 7.69. The minimum atomic E-state index is -3.69. The van der Waals surface area contributed by atoms with E-state index in [-0.39, 0.29) is 10.8 Å². The molecule has 0 saturated carbocycles. The average Bonchev–Trinajstić information content (AvgIpc) is 2.92. The lowest BCUT2D eigenvalue weighted by molar-refractivity contribution is 0.0947. The van der Waals surface area contributed by atoms with Gasteiger partial charge in [0.2, 0.25) is 10.0 Å². The molecule has 2 aromatic heterocycles. The Hall–Kier alpha value is -2.71. The molecule has 0 aliphatic carbocycles. The summed E-state index contributed by atoms with van der Waals surface area (Å²) in [6, 6.07) is 10.1. The zero-order chi connectivity index (χ0) is 18.9. The van der Waals surface area contributed by atoms with Crippen LogP contribution in [-0.4, -0.2) is 30.3 Å². The van der Waals surface area contributed by atoms with Gasteiger partial charge in [-0.3, -0.25) is 9.20 Å². The van der Waals surface area contributed by atoms with Gasteiger partial charge in [-0.2, -0.15) is 0 Å². The Kier molecular flexibility index (Phi) is 4.80. The van der Waals surface area contributed by atoms with Gasteiger partial charge in [0.15, 0.2) is 0 Å². The van der Waals surface area contributed by atoms with Crippen molar-refractivity contribution < 1.29 is 13.2 Å². The number of nitrogens with zero attached hydrogens (tertiary/aromatic N) is 2. The van der Waals surface area contributed by atoms with Crippen molar-refractivity contribution in [2.45, 2.75) is 25.2 Å². The molecule has 3 N–H and O–H groups in total. The van der Waals surface area contributed by atoms with Crippen LogP contribution in [0.1, 0.15) is 27.3 Å². The van der Waals surface area contributed by atoms with E-state index in [1.54, 1.807) is 16.5 Å². The van der Waals surface area contributed by atoms with Gasteiger partial charge in [0.05, 0.1) is 10.6 Å². The SMILES string of the molecule is Cc1nc2c(C)cccn2c1C(=O)NCCc1ccc(S(N)(=O)=O)cc1. The number of imidazole rings is 1. The summed E-state index contributed by atoms with van der Waals surface area (Å²) in [5.74, 6) is -0.193. The Labute approximate surface area is 151 Å². The Bertz CT molecular complexity index is 1070. The third-order valence-corrected chi connectivity index (χ3v) is 5.11. The second kappa shape index (κ2) is 6.89. The summed E-state index contributed by atoms with van der Waals surface area (Å²) >= 11 is 0. The Morgan fingerprint density at radius 3 is 2.54 bits per heavy atom. The van der Waals surface area contributed by atoms with Gasteiger partial charge < -0.3 is 5.32 Å². The minimum Gasteiger partial charge on any atom is -0.350 e. The number of nitrogens with two attached hydrogens (primary N) is 1. The maximum atomic E-state index is 12.6. The lowest BCUT2D eigenvalue weighted by atomic mass is 10.1. The molecular weight excluding hydrogens is 352 g/mol. The number of carbonyl (C=O) groups is 1. The predicted octanol–water partition coefficient (Wildman–Crippen LogP) is 1.57. The molecule has 0 saturated heterocycles. The molecule has 0 radical (unpaired) electrons. The Balaban J connectivity index is 1.68. The van der Waals surface area contributed by atoms with Gasteiger partial charge in [0, 0.05) is 12.7 Å². The zero-order valence-electron chi connectivity index (χ0n) is 14.6. The lowest BCUT2D eigenvalue weighted by Crippen LogP contribution is -2.27. The molecule has 136 valence electrons. The Morgan fingerprint density at radius 1 is 1.19 bits per heavy atom. The van der Waals surface area contributed by atoms with Crippen molar-refractivity contribution in [2.24, 2.45) is 5.14 Å². The van der Waals surface area contributed by atoms with Crippen molar-refractivity contribution in [3.05, 3.63) is 65.1 Å². The molecule has 2 heterocycles. The summed E-state index contributed by atoms with van der Waals surface area (Å²) in [6.07, 6.45) is 2.40. The highest BCUT2D eigenvalue weighted by atomic mass is 32.2. The van der Waals surface area contributed by atoms with Crippen molar-refractivity contribution in [1.82, 2.24) is 14.7 Å². The van der Waals surface area contributed by atoms with Gasteiger partial charge in [-0.1, -0.05) is 18.2 Å². The number of rotatable bonds is 5. The van der Waals surface area contributed by atoms with E-state index in [4.69, 9.17) is 5.14 Å². The van der Waals surface area contributed by atoms with Gasteiger partial charge in [0.25, 0.3) is 5.91 Å². The van der Waals surface area contributed by atoms with Gasteiger partial charge in [-0.05, 0) is 49.6 Å². The van der Waals surface area contributed by atoms with E-state index in [2.05, 4.69) is 10.3 Å². The maximum absolute atomic E-state index is 12.6. The normalized spacial score (nSPS) is 11.7. The van der Waals surface area contributed by atoms with E-state index in [9.17, 15) is 13.2 Å². The summed E-state index contributed by atoms with van der Waals surface area (Å²) < 4.78 is 24.3. The first kappa shape index (κ1) is 18.1. The predicted molar refractivity (Wildman–Crippen MR) is 98.5 cm³/mol. The number of benzene rings is 1. The number of pyridine rings is 1. The summed E-state index contributed by atoms with van der Waals surface area (Å²) in [6.45, 7) is 4.19. The van der Waals surface area contributed by atoms with E-state index >= 15 is 0 Å². The molecule has 3 rings (SSSR count). The Morgan fingerprint density at radius 2 is 1.88 bits per heavy atom. The number of hydrogen-bond acceptors (Lipinski definition) is 4. The number of fused-ring (bicyclic) bond motifs is 1. The molecular formula is C18H20N4O3S.